The highest BCUT2D eigenvalue weighted by molar-refractivity contribution is 5.87. The number of hydroxylamine groups is 2. The quantitative estimate of drug-likeness (QED) is 0.506. The molecule has 0 saturated heterocycles. The van der Waals surface area contributed by atoms with Gasteiger partial charge in [0.15, 0.2) is 0 Å². The van der Waals surface area contributed by atoms with E-state index in [2.05, 4.69) is 0 Å². The largest absolute Gasteiger partial charge is 0.365 e. The van der Waals surface area contributed by atoms with Crippen molar-refractivity contribution < 1.29 is 9.63 Å². The molecule has 0 N–H and O–H groups in total. The van der Waals surface area contributed by atoms with Crippen LogP contribution >= 0.6 is 12.4 Å². The highest BCUT2D eigenvalue weighted by Crippen LogP contribution is 1.98. The number of carbonyl (C=O) groups is 1. The normalized spacial score (nSPS) is 10.9. The Hall–Kier alpha value is -0.540. The molecule has 0 fully saturated rings. The van der Waals surface area contributed by atoms with E-state index >= 15 is 0 Å². The lowest BCUT2D eigenvalue weighted by Gasteiger charge is -2.09. The van der Waals surface area contributed by atoms with Crippen LogP contribution in [-0.2, 0) is 9.63 Å². The molecule has 0 saturated carbocycles. The van der Waals surface area contributed by atoms with Crippen LogP contribution in [0.25, 0.3) is 0 Å². The van der Waals surface area contributed by atoms with Crippen molar-refractivity contribution in [2.24, 2.45) is 0 Å². The van der Waals surface area contributed by atoms with Crippen molar-refractivity contribution in [2.75, 3.05) is 14.1 Å². The van der Waals surface area contributed by atoms with Crippen molar-refractivity contribution in [3.8, 4) is 0 Å². The highest BCUT2D eigenvalue weighted by atomic mass is 35.5. The molecule has 0 aromatic heterocycles. The van der Waals surface area contributed by atoms with Gasteiger partial charge in [-0.15, -0.1) is 17.5 Å². The zero-order chi connectivity index (χ0) is 8.85. The summed E-state index contributed by atoms with van der Waals surface area (Å²) in [7, 11) is 3.36. The molecule has 0 aliphatic heterocycles. The number of nitrogens with zero attached hydrogens (tertiary/aromatic N) is 1. The first-order valence-corrected chi connectivity index (χ1v) is 3.64. The molecule has 4 heteroatoms. The fourth-order valence-electron chi connectivity index (χ4n) is 0.627. The minimum Gasteiger partial charge on any atom is -0.365 e. The first kappa shape index (κ1) is 14.0. The van der Waals surface area contributed by atoms with Gasteiger partial charge in [0.1, 0.15) is 0 Å². The standard InChI is InChI=1S/C8H15NO2.ClH/c1-5-6-7(2)8(10)11-9(3)4;/h6H,5H2,1-4H3;1H. The Morgan fingerprint density at radius 2 is 2.00 bits per heavy atom. The maximum Gasteiger partial charge on any atom is 0.352 e. The lowest BCUT2D eigenvalue weighted by atomic mass is 10.2. The van der Waals surface area contributed by atoms with Crippen LogP contribution in [0.4, 0.5) is 0 Å². The number of carbonyl (C=O) groups excluding carboxylic acids is 1. The van der Waals surface area contributed by atoms with E-state index in [0.29, 0.717) is 5.57 Å². The Bertz CT molecular complexity index is 166. The Morgan fingerprint density at radius 1 is 1.50 bits per heavy atom. The lowest BCUT2D eigenvalue weighted by Crippen LogP contribution is -2.18. The van der Waals surface area contributed by atoms with Crippen LogP contribution in [0.1, 0.15) is 20.3 Å². The van der Waals surface area contributed by atoms with Crippen LogP contribution in [0.2, 0.25) is 0 Å². The van der Waals surface area contributed by atoms with Gasteiger partial charge in [-0.05, 0) is 13.3 Å². The molecule has 0 bridgehead atoms. The summed E-state index contributed by atoms with van der Waals surface area (Å²) in [6.07, 6.45) is 2.69. The van der Waals surface area contributed by atoms with E-state index in [1.807, 2.05) is 13.0 Å². The average molecular weight is 194 g/mol. The van der Waals surface area contributed by atoms with Crippen molar-refractivity contribution in [2.45, 2.75) is 20.3 Å². The van der Waals surface area contributed by atoms with Gasteiger partial charge >= 0.3 is 5.97 Å². The summed E-state index contributed by atoms with van der Waals surface area (Å²) in [6.45, 7) is 3.72. The topological polar surface area (TPSA) is 29.5 Å². The van der Waals surface area contributed by atoms with Gasteiger partial charge < -0.3 is 4.84 Å². The number of hydrogen-bond acceptors (Lipinski definition) is 3. The van der Waals surface area contributed by atoms with Gasteiger partial charge in [-0.1, -0.05) is 13.0 Å². The third-order valence-corrected chi connectivity index (χ3v) is 1.10. The molecule has 12 heavy (non-hydrogen) atoms. The molecule has 0 radical (unpaired) electrons. The number of rotatable bonds is 3. The van der Waals surface area contributed by atoms with Crippen LogP contribution in [-0.4, -0.2) is 25.1 Å². The van der Waals surface area contributed by atoms with Crippen molar-refractivity contribution in [3.05, 3.63) is 11.6 Å². The third kappa shape index (κ3) is 6.19. The molecule has 0 aliphatic carbocycles. The first-order chi connectivity index (χ1) is 5.07. The predicted molar refractivity (Wildman–Crippen MR) is 51.1 cm³/mol. The Morgan fingerprint density at radius 3 is 2.33 bits per heavy atom. The molecule has 0 unspecified atom stereocenters. The summed E-state index contributed by atoms with van der Waals surface area (Å²) in [4.78, 5) is 15.8. The summed E-state index contributed by atoms with van der Waals surface area (Å²) in [5.41, 5.74) is 0.654. The summed E-state index contributed by atoms with van der Waals surface area (Å²) < 4.78 is 0. The smallest absolute Gasteiger partial charge is 0.352 e. The molecule has 3 nitrogen and oxygen atoms in total. The predicted octanol–water partition coefficient (Wildman–Crippen LogP) is 1.78. The maximum absolute atomic E-state index is 11.0. The summed E-state index contributed by atoms with van der Waals surface area (Å²) in [6, 6.07) is 0. The van der Waals surface area contributed by atoms with Gasteiger partial charge in [0.25, 0.3) is 0 Å². The molecule has 0 amide bonds. The summed E-state index contributed by atoms with van der Waals surface area (Å²) >= 11 is 0. The van der Waals surface area contributed by atoms with Gasteiger partial charge in [-0.3, -0.25) is 0 Å². The molecule has 0 atom stereocenters. The van der Waals surface area contributed by atoms with Gasteiger partial charge in [-0.2, -0.15) is 0 Å². The number of halogens is 1. The second-order valence-corrected chi connectivity index (χ2v) is 2.49. The molecular formula is C8H16ClNO2. The fourth-order valence-corrected chi connectivity index (χ4v) is 0.627. The van der Waals surface area contributed by atoms with Crippen molar-refractivity contribution in [3.63, 3.8) is 0 Å². The van der Waals surface area contributed by atoms with Crippen molar-refractivity contribution in [1.29, 1.82) is 0 Å². The van der Waals surface area contributed by atoms with Crippen LogP contribution in [0.3, 0.4) is 0 Å². The maximum atomic E-state index is 11.0. The van der Waals surface area contributed by atoms with Crippen LogP contribution in [0.5, 0.6) is 0 Å². The van der Waals surface area contributed by atoms with E-state index in [1.165, 1.54) is 5.06 Å². The summed E-state index contributed by atoms with van der Waals surface area (Å²) in [5.74, 6) is -0.281. The second kappa shape index (κ2) is 7.13. The summed E-state index contributed by atoms with van der Waals surface area (Å²) in [5, 5.41) is 1.38. The lowest BCUT2D eigenvalue weighted by molar-refractivity contribution is -0.172. The van der Waals surface area contributed by atoms with Crippen molar-refractivity contribution in [1.82, 2.24) is 5.06 Å². The molecule has 0 aromatic rings. The minimum absolute atomic E-state index is 0. The zero-order valence-corrected chi connectivity index (χ0v) is 8.77. The average Bonchev–Trinajstić information content (AvgIpc) is 1.86. The monoisotopic (exact) mass is 193 g/mol. The molecule has 72 valence electrons. The second-order valence-electron chi connectivity index (χ2n) is 2.49. The van der Waals surface area contributed by atoms with Gasteiger partial charge in [-0.25, -0.2) is 4.79 Å². The zero-order valence-electron chi connectivity index (χ0n) is 7.96. The SMILES string of the molecule is CCC=C(C)C(=O)ON(C)C.Cl. The van der Waals surface area contributed by atoms with Gasteiger partial charge in [0.2, 0.25) is 0 Å². The Balaban J connectivity index is 0. The van der Waals surface area contributed by atoms with E-state index in [9.17, 15) is 4.79 Å². The molecule has 0 aliphatic rings. The molecule has 0 spiro atoms. The van der Waals surface area contributed by atoms with Crippen LogP contribution in [0.15, 0.2) is 11.6 Å². The highest BCUT2D eigenvalue weighted by Gasteiger charge is 2.05. The van der Waals surface area contributed by atoms with E-state index in [1.54, 1.807) is 21.0 Å². The molecule has 0 heterocycles. The van der Waals surface area contributed by atoms with Gasteiger partial charge in [0, 0.05) is 19.7 Å². The molecular weight excluding hydrogens is 178 g/mol. The Kier molecular flexibility index (Phi) is 8.32. The molecule has 0 rings (SSSR count). The minimum atomic E-state index is -0.281. The van der Waals surface area contributed by atoms with Crippen molar-refractivity contribution >= 4 is 18.4 Å². The van der Waals surface area contributed by atoms with E-state index in [-0.39, 0.29) is 18.4 Å². The molecule has 0 aromatic carbocycles. The van der Waals surface area contributed by atoms with E-state index in [0.717, 1.165) is 6.42 Å². The van der Waals surface area contributed by atoms with Crippen LogP contribution in [0, 0.1) is 0 Å². The van der Waals surface area contributed by atoms with Gasteiger partial charge in [0.05, 0.1) is 0 Å². The fraction of sp³-hybridized carbons (Fsp3) is 0.625. The first-order valence-electron chi connectivity index (χ1n) is 3.64. The van der Waals surface area contributed by atoms with Crippen LogP contribution < -0.4 is 0 Å². The number of allylic oxidation sites excluding steroid dienone is 1. The van der Waals surface area contributed by atoms with E-state index < -0.39 is 0 Å². The number of hydrogen-bond donors (Lipinski definition) is 0. The third-order valence-electron chi connectivity index (χ3n) is 1.10. The Labute approximate surface area is 79.7 Å². The van der Waals surface area contributed by atoms with E-state index in [4.69, 9.17) is 4.84 Å².